The molecule has 1 heterocycles. The lowest BCUT2D eigenvalue weighted by atomic mass is 9.97. The van der Waals surface area contributed by atoms with Gasteiger partial charge >= 0.3 is 0 Å². The van der Waals surface area contributed by atoms with Crippen LogP contribution in [0.5, 0.6) is 0 Å². The van der Waals surface area contributed by atoms with Crippen LogP contribution in [0.15, 0.2) is 42.5 Å². The topological polar surface area (TPSA) is 83.8 Å². The Labute approximate surface area is 183 Å². The van der Waals surface area contributed by atoms with E-state index < -0.39 is 4.92 Å². The summed E-state index contributed by atoms with van der Waals surface area (Å²) in [6, 6.07) is 9.52. The third-order valence-corrected chi connectivity index (χ3v) is 5.75. The number of carbonyl (C=O) groups is 2. The van der Waals surface area contributed by atoms with Crippen molar-refractivity contribution in [2.24, 2.45) is 0 Å². The standard InChI is InChI=1S/C21H19Cl2N3O4/c1-14(27)24-10-12-25(13-11-24)19(28)9-8-15-4-2-7-18(26(29)30)20(15)16-5-3-6-17(22)21(16)23/h2-9H,10-13H2,1H3/b9-8+. The SMILES string of the molecule is CC(=O)N1CCN(C(=O)/C=C/c2cccc([N+](=O)[O-])c2-c2cccc(Cl)c2Cl)CC1. The van der Waals surface area contributed by atoms with Crippen LogP contribution in [0.1, 0.15) is 12.5 Å². The molecule has 1 fully saturated rings. The van der Waals surface area contributed by atoms with Gasteiger partial charge in [-0.15, -0.1) is 0 Å². The summed E-state index contributed by atoms with van der Waals surface area (Å²) in [6.45, 7) is 3.34. The second-order valence-electron chi connectivity index (χ2n) is 6.76. The fourth-order valence-electron chi connectivity index (χ4n) is 3.35. The molecule has 9 heteroatoms. The zero-order valence-corrected chi connectivity index (χ0v) is 17.7. The van der Waals surface area contributed by atoms with Gasteiger partial charge in [-0.2, -0.15) is 0 Å². The van der Waals surface area contributed by atoms with E-state index in [4.69, 9.17) is 23.2 Å². The zero-order valence-electron chi connectivity index (χ0n) is 16.2. The number of benzene rings is 2. The maximum absolute atomic E-state index is 12.6. The Bertz CT molecular complexity index is 1030. The monoisotopic (exact) mass is 447 g/mol. The quantitative estimate of drug-likeness (QED) is 0.397. The average molecular weight is 448 g/mol. The molecule has 0 atom stereocenters. The van der Waals surface area contributed by atoms with Crippen LogP contribution in [0.25, 0.3) is 17.2 Å². The lowest BCUT2D eigenvalue weighted by Gasteiger charge is -2.33. The summed E-state index contributed by atoms with van der Waals surface area (Å²) in [4.78, 5) is 38.5. The van der Waals surface area contributed by atoms with Crippen LogP contribution in [0.2, 0.25) is 10.0 Å². The molecular weight excluding hydrogens is 429 g/mol. The number of nitro benzene ring substituents is 1. The number of amides is 2. The van der Waals surface area contributed by atoms with Crippen LogP contribution in [-0.2, 0) is 9.59 Å². The van der Waals surface area contributed by atoms with Crippen molar-refractivity contribution >= 4 is 46.8 Å². The van der Waals surface area contributed by atoms with Crippen LogP contribution < -0.4 is 0 Å². The zero-order chi connectivity index (χ0) is 21.8. The highest BCUT2D eigenvalue weighted by Crippen LogP contribution is 2.40. The second-order valence-corrected chi connectivity index (χ2v) is 7.55. The fourth-order valence-corrected chi connectivity index (χ4v) is 3.74. The van der Waals surface area contributed by atoms with Gasteiger partial charge in [-0.3, -0.25) is 19.7 Å². The summed E-state index contributed by atoms with van der Waals surface area (Å²) in [7, 11) is 0. The van der Waals surface area contributed by atoms with E-state index in [2.05, 4.69) is 0 Å². The summed E-state index contributed by atoms with van der Waals surface area (Å²) in [5.74, 6) is -0.245. The number of rotatable bonds is 4. The average Bonchev–Trinajstić information content (AvgIpc) is 2.73. The largest absolute Gasteiger partial charge is 0.339 e. The van der Waals surface area contributed by atoms with Crippen molar-refractivity contribution in [2.75, 3.05) is 26.2 Å². The number of nitrogens with zero attached hydrogens (tertiary/aromatic N) is 3. The maximum atomic E-state index is 12.6. The molecular formula is C21H19Cl2N3O4. The number of piperazine rings is 1. The van der Waals surface area contributed by atoms with Gasteiger partial charge in [-0.05, 0) is 17.7 Å². The molecule has 0 N–H and O–H groups in total. The van der Waals surface area contributed by atoms with Crippen LogP contribution >= 0.6 is 23.2 Å². The first-order chi connectivity index (χ1) is 14.3. The summed E-state index contributed by atoms with van der Waals surface area (Å²) in [5, 5.41) is 12.1. The molecule has 0 aromatic heterocycles. The third-order valence-electron chi connectivity index (χ3n) is 4.93. The van der Waals surface area contributed by atoms with Gasteiger partial charge in [-0.1, -0.05) is 47.5 Å². The minimum absolute atomic E-state index is 0.0164. The van der Waals surface area contributed by atoms with Gasteiger partial charge in [0.05, 0.1) is 20.5 Å². The lowest BCUT2D eigenvalue weighted by molar-refractivity contribution is -0.384. The van der Waals surface area contributed by atoms with Crippen molar-refractivity contribution in [3.63, 3.8) is 0 Å². The van der Waals surface area contributed by atoms with E-state index in [0.29, 0.717) is 42.9 Å². The molecule has 1 aliphatic rings. The van der Waals surface area contributed by atoms with Gasteiger partial charge in [0.1, 0.15) is 0 Å². The Morgan fingerprint density at radius 3 is 2.30 bits per heavy atom. The molecule has 30 heavy (non-hydrogen) atoms. The van der Waals surface area contributed by atoms with E-state index >= 15 is 0 Å². The van der Waals surface area contributed by atoms with Crippen molar-refractivity contribution in [1.82, 2.24) is 9.80 Å². The first kappa shape index (κ1) is 21.8. The minimum atomic E-state index is -0.493. The normalized spacial score (nSPS) is 14.2. The van der Waals surface area contributed by atoms with E-state index in [9.17, 15) is 19.7 Å². The molecule has 156 valence electrons. The van der Waals surface area contributed by atoms with Gasteiger partial charge < -0.3 is 9.80 Å². The van der Waals surface area contributed by atoms with Crippen molar-refractivity contribution < 1.29 is 14.5 Å². The van der Waals surface area contributed by atoms with Gasteiger partial charge in [-0.25, -0.2) is 0 Å². The Balaban J connectivity index is 1.92. The molecule has 0 bridgehead atoms. The summed E-state index contributed by atoms with van der Waals surface area (Å²) < 4.78 is 0. The summed E-state index contributed by atoms with van der Waals surface area (Å²) in [6.07, 6.45) is 2.92. The highest BCUT2D eigenvalue weighted by atomic mass is 35.5. The molecule has 0 radical (unpaired) electrons. The van der Waals surface area contributed by atoms with E-state index in [-0.39, 0.29) is 27.5 Å². The minimum Gasteiger partial charge on any atom is -0.339 e. The Hall–Kier alpha value is -2.90. The van der Waals surface area contributed by atoms with Gasteiger partial charge in [0.25, 0.3) is 5.69 Å². The summed E-state index contributed by atoms with van der Waals surface area (Å²) in [5.41, 5.74) is 1.05. The van der Waals surface area contributed by atoms with E-state index in [1.165, 1.54) is 19.1 Å². The van der Waals surface area contributed by atoms with E-state index in [1.54, 1.807) is 46.2 Å². The molecule has 1 saturated heterocycles. The summed E-state index contributed by atoms with van der Waals surface area (Å²) >= 11 is 12.4. The molecule has 7 nitrogen and oxygen atoms in total. The molecule has 0 saturated carbocycles. The molecule has 2 aromatic rings. The van der Waals surface area contributed by atoms with Gasteiger partial charge in [0.15, 0.2) is 0 Å². The smallest absolute Gasteiger partial charge is 0.277 e. The molecule has 2 aromatic carbocycles. The number of hydrogen-bond donors (Lipinski definition) is 0. The molecule has 0 unspecified atom stereocenters. The second kappa shape index (κ2) is 9.28. The van der Waals surface area contributed by atoms with Gasteiger partial charge in [0.2, 0.25) is 11.8 Å². The third kappa shape index (κ3) is 4.63. The number of nitro groups is 1. The first-order valence-electron chi connectivity index (χ1n) is 9.24. The van der Waals surface area contributed by atoms with Gasteiger partial charge in [0, 0.05) is 50.8 Å². The Kier molecular flexibility index (Phi) is 6.74. The highest BCUT2D eigenvalue weighted by Gasteiger charge is 2.23. The van der Waals surface area contributed by atoms with Crippen molar-refractivity contribution in [3.05, 3.63) is 68.2 Å². The Morgan fingerprint density at radius 1 is 1.03 bits per heavy atom. The number of carbonyl (C=O) groups excluding carboxylic acids is 2. The van der Waals surface area contributed by atoms with Crippen LogP contribution in [0.3, 0.4) is 0 Å². The predicted octanol–water partition coefficient (Wildman–Crippen LogP) is 4.27. The van der Waals surface area contributed by atoms with E-state index in [1.807, 2.05) is 0 Å². The van der Waals surface area contributed by atoms with Crippen LogP contribution in [0.4, 0.5) is 5.69 Å². The molecule has 2 amide bonds. The molecule has 0 aliphatic carbocycles. The molecule has 3 rings (SSSR count). The fraction of sp³-hybridized carbons (Fsp3) is 0.238. The number of halogens is 2. The van der Waals surface area contributed by atoms with E-state index in [0.717, 1.165) is 0 Å². The van der Waals surface area contributed by atoms with Crippen LogP contribution in [-0.4, -0.2) is 52.7 Å². The predicted molar refractivity (Wildman–Crippen MR) is 116 cm³/mol. The van der Waals surface area contributed by atoms with Crippen molar-refractivity contribution in [3.8, 4) is 11.1 Å². The molecule has 1 aliphatic heterocycles. The van der Waals surface area contributed by atoms with Crippen molar-refractivity contribution in [2.45, 2.75) is 6.92 Å². The molecule has 0 spiro atoms. The highest BCUT2D eigenvalue weighted by molar-refractivity contribution is 6.43. The maximum Gasteiger partial charge on any atom is 0.277 e. The van der Waals surface area contributed by atoms with Crippen molar-refractivity contribution in [1.29, 1.82) is 0 Å². The van der Waals surface area contributed by atoms with Crippen LogP contribution in [0, 0.1) is 10.1 Å². The Morgan fingerprint density at radius 2 is 1.67 bits per heavy atom. The lowest BCUT2D eigenvalue weighted by Crippen LogP contribution is -2.49. The number of hydrogen-bond acceptors (Lipinski definition) is 4. The first-order valence-corrected chi connectivity index (χ1v) is 9.99.